The molecule has 12 heavy (non-hydrogen) atoms. The normalized spacial score (nSPS) is 22.8. The summed E-state index contributed by atoms with van der Waals surface area (Å²) in [6, 6.07) is 0. The second kappa shape index (κ2) is 2.64. The molecule has 0 spiro atoms. The van der Waals surface area contributed by atoms with Crippen molar-refractivity contribution in [3.8, 4) is 0 Å². The number of carbonyl (C=O) groups is 1. The summed E-state index contributed by atoms with van der Waals surface area (Å²) in [6.07, 6.45) is -0.545. The van der Waals surface area contributed by atoms with Gasteiger partial charge in [-0.25, -0.2) is 4.79 Å². The van der Waals surface area contributed by atoms with Crippen molar-refractivity contribution in [3.63, 3.8) is 0 Å². The van der Waals surface area contributed by atoms with Crippen LogP contribution in [-0.4, -0.2) is 19.4 Å². The molecule has 0 aromatic rings. The zero-order valence-corrected chi connectivity index (χ0v) is 8.14. The first-order valence-electron chi connectivity index (χ1n) is 4.15. The average molecular weight is 172 g/mol. The van der Waals surface area contributed by atoms with Crippen molar-refractivity contribution >= 4 is 6.16 Å². The van der Waals surface area contributed by atoms with Crippen molar-refractivity contribution in [2.45, 2.75) is 27.7 Å². The first kappa shape index (κ1) is 9.36. The van der Waals surface area contributed by atoms with E-state index in [1.54, 1.807) is 0 Å². The molecule has 1 rings (SSSR count). The lowest BCUT2D eigenvalue weighted by atomic mass is 9.69. The zero-order chi connectivity index (χ0) is 9.41. The standard InChI is InChI=1S/C9H16O3/c1-8(2,3)9(4)5-11-7(10)12-6-9/h5-6H2,1-4H3. The molecule has 0 N–H and O–H groups in total. The Morgan fingerprint density at radius 3 is 2.00 bits per heavy atom. The van der Waals surface area contributed by atoms with Crippen LogP contribution in [0.15, 0.2) is 0 Å². The third-order valence-electron chi connectivity index (χ3n) is 2.83. The third kappa shape index (κ3) is 1.54. The third-order valence-corrected chi connectivity index (χ3v) is 2.83. The molecule has 1 saturated heterocycles. The topological polar surface area (TPSA) is 35.5 Å². The molecule has 0 radical (unpaired) electrons. The Hall–Kier alpha value is -0.730. The highest BCUT2D eigenvalue weighted by atomic mass is 16.7. The van der Waals surface area contributed by atoms with Gasteiger partial charge in [-0.05, 0) is 5.41 Å². The van der Waals surface area contributed by atoms with Crippen LogP contribution >= 0.6 is 0 Å². The van der Waals surface area contributed by atoms with Gasteiger partial charge >= 0.3 is 6.16 Å². The fraction of sp³-hybridized carbons (Fsp3) is 0.889. The van der Waals surface area contributed by atoms with Gasteiger partial charge in [0.1, 0.15) is 13.2 Å². The van der Waals surface area contributed by atoms with Crippen LogP contribution in [0.1, 0.15) is 27.7 Å². The molecule has 70 valence electrons. The maximum Gasteiger partial charge on any atom is 0.508 e. The van der Waals surface area contributed by atoms with Crippen molar-refractivity contribution in [1.29, 1.82) is 0 Å². The number of carbonyl (C=O) groups excluding carboxylic acids is 1. The Kier molecular flexibility index (Phi) is 2.06. The molecule has 1 fully saturated rings. The molecular formula is C9H16O3. The summed E-state index contributed by atoms with van der Waals surface area (Å²) in [6.45, 7) is 9.34. The minimum atomic E-state index is -0.545. The van der Waals surface area contributed by atoms with Gasteiger partial charge in [0.25, 0.3) is 0 Å². The lowest BCUT2D eigenvalue weighted by molar-refractivity contribution is -0.0966. The van der Waals surface area contributed by atoms with Crippen LogP contribution in [0.4, 0.5) is 4.79 Å². The Labute approximate surface area is 73.0 Å². The zero-order valence-electron chi connectivity index (χ0n) is 8.14. The van der Waals surface area contributed by atoms with E-state index in [4.69, 9.17) is 9.47 Å². The van der Waals surface area contributed by atoms with Gasteiger partial charge in [0.2, 0.25) is 0 Å². The van der Waals surface area contributed by atoms with E-state index < -0.39 is 6.16 Å². The van der Waals surface area contributed by atoms with Crippen molar-refractivity contribution < 1.29 is 14.3 Å². The van der Waals surface area contributed by atoms with E-state index in [0.717, 1.165) is 0 Å². The number of hydrogen-bond donors (Lipinski definition) is 0. The fourth-order valence-electron chi connectivity index (χ4n) is 0.953. The van der Waals surface area contributed by atoms with Crippen LogP contribution in [0.2, 0.25) is 0 Å². The Morgan fingerprint density at radius 2 is 1.67 bits per heavy atom. The predicted molar refractivity (Wildman–Crippen MR) is 44.9 cm³/mol. The molecule has 0 amide bonds. The van der Waals surface area contributed by atoms with Crippen molar-refractivity contribution in [2.75, 3.05) is 13.2 Å². The average Bonchev–Trinajstić information content (AvgIpc) is 1.93. The van der Waals surface area contributed by atoms with Crippen molar-refractivity contribution in [1.82, 2.24) is 0 Å². The highest BCUT2D eigenvalue weighted by Crippen LogP contribution is 2.40. The summed E-state index contributed by atoms with van der Waals surface area (Å²) < 4.78 is 9.72. The molecule has 0 bridgehead atoms. The van der Waals surface area contributed by atoms with Gasteiger partial charge < -0.3 is 9.47 Å². The van der Waals surface area contributed by atoms with Crippen LogP contribution in [0.5, 0.6) is 0 Å². The van der Waals surface area contributed by atoms with E-state index in [1.165, 1.54) is 0 Å². The van der Waals surface area contributed by atoms with E-state index >= 15 is 0 Å². The van der Waals surface area contributed by atoms with Gasteiger partial charge in [0, 0.05) is 5.41 Å². The lowest BCUT2D eigenvalue weighted by Crippen LogP contribution is -2.45. The van der Waals surface area contributed by atoms with Crippen molar-refractivity contribution in [2.24, 2.45) is 10.8 Å². The summed E-state index contributed by atoms with van der Waals surface area (Å²) in [5.74, 6) is 0. The molecule has 1 heterocycles. The van der Waals surface area contributed by atoms with Gasteiger partial charge in [0.15, 0.2) is 0 Å². The first-order chi connectivity index (χ1) is 5.35. The number of ether oxygens (including phenoxy) is 2. The largest absolute Gasteiger partial charge is 0.508 e. The van der Waals surface area contributed by atoms with Gasteiger partial charge in [-0.3, -0.25) is 0 Å². The number of hydrogen-bond acceptors (Lipinski definition) is 3. The molecule has 0 saturated carbocycles. The van der Waals surface area contributed by atoms with Crippen LogP contribution < -0.4 is 0 Å². The highest BCUT2D eigenvalue weighted by molar-refractivity contribution is 5.60. The smallest absolute Gasteiger partial charge is 0.434 e. The fourth-order valence-corrected chi connectivity index (χ4v) is 0.953. The summed E-state index contributed by atoms with van der Waals surface area (Å²) in [7, 11) is 0. The van der Waals surface area contributed by atoms with Crippen LogP contribution in [0.3, 0.4) is 0 Å². The van der Waals surface area contributed by atoms with E-state index in [9.17, 15) is 4.79 Å². The SMILES string of the molecule is CC(C)(C)C1(C)COC(=O)OC1. The maximum atomic E-state index is 10.6. The summed E-state index contributed by atoms with van der Waals surface area (Å²) >= 11 is 0. The predicted octanol–water partition coefficient (Wildman–Crippen LogP) is 2.21. The molecule has 3 heteroatoms. The van der Waals surface area contributed by atoms with E-state index in [-0.39, 0.29) is 10.8 Å². The molecule has 0 unspecified atom stereocenters. The second-order valence-corrected chi connectivity index (χ2v) is 4.64. The molecule has 1 aliphatic heterocycles. The first-order valence-corrected chi connectivity index (χ1v) is 4.15. The van der Waals surface area contributed by atoms with Gasteiger partial charge in [-0.15, -0.1) is 0 Å². The Bertz CT molecular complexity index is 180. The summed E-state index contributed by atoms with van der Waals surface area (Å²) in [4.78, 5) is 10.6. The monoisotopic (exact) mass is 172 g/mol. The number of rotatable bonds is 0. The van der Waals surface area contributed by atoms with Gasteiger partial charge in [-0.1, -0.05) is 27.7 Å². The minimum absolute atomic E-state index is 0.0685. The van der Waals surface area contributed by atoms with Gasteiger partial charge in [-0.2, -0.15) is 0 Å². The summed E-state index contributed by atoms with van der Waals surface area (Å²) in [5, 5.41) is 0. The molecule has 1 aliphatic rings. The van der Waals surface area contributed by atoms with E-state index in [1.807, 2.05) is 0 Å². The van der Waals surface area contributed by atoms with Crippen LogP contribution in [0, 0.1) is 10.8 Å². The lowest BCUT2D eigenvalue weighted by Gasteiger charge is -2.42. The molecular weight excluding hydrogens is 156 g/mol. The molecule has 0 aromatic carbocycles. The number of cyclic esters (lactones) is 2. The van der Waals surface area contributed by atoms with E-state index in [0.29, 0.717) is 13.2 Å². The van der Waals surface area contributed by atoms with Crippen molar-refractivity contribution in [3.05, 3.63) is 0 Å². The second-order valence-electron chi connectivity index (χ2n) is 4.64. The molecule has 3 nitrogen and oxygen atoms in total. The van der Waals surface area contributed by atoms with Gasteiger partial charge in [0.05, 0.1) is 0 Å². The van der Waals surface area contributed by atoms with Crippen LogP contribution in [-0.2, 0) is 9.47 Å². The highest BCUT2D eigenvalue weighted by Gasteiger charge is 2.42. The van der Waals surface area contributed by atoms with Crippen LogP contribution in [0.25, 0.3) is 0 Å². The van der Waals surface area contributed by atoms with E-state index in [2.05, 4.69) is 27.7 Å². The Balaban J connectivity index is 2.68. The quantitative estimate of drug-likeness (QED) is 0.525. The Morgan fingerprint density at radius 1 is 1.25 bits per heavy atom. The maximum absolute atomic E-state index is 10.6. The summed E-state index contributed by atoms with van der Waals surface area (Å²) in [5.41, 5.74) is 0.0224. The molecule has 0 aromatic heterocycles. The molecule has 0 atom stereocenters. The minimum Gasteiger partial charge on any atom is -0.434 e. The molecule has 0 aliphatic carbocycles.